The quantitative estimate of drug-likeness (QED) is 0.406. The summed E-state index contributed by atoms with van der Waals surface area (Å²) >= 11 is 0. The number of benzene rings is 1. The summed E-state index contributed by atoms with van der Waals surface area (Å²) in [4.78, 5) is 44.7. The number of nitrogens with one attached hydrogen (secondary N) is 1. The SMILES string of the molecule is Cc1ccc2oc(=O)n(CCC(=O)N3C[C@@H]4NC(=O)c5ncccc5OCCn5cc(nn5)CO[C@H]4C3)c2c1. The van der Waals surface area contributed by atoms with Crippen LogP contribution in [0.25, 0.3) is 11.1 Å². The highest BCUT2D eigenvalue weighted by molar-refractivity contribution is 5.95. The maximum absolute atomic E-state index is 13.2. The van der Waals surface area contributed by atoms with Crippen molar-refractivity contribution in [3.05, 3.63) is 70.2 Å². The third kappa shape index (κ3) is 5.12. The molecule has 1 fully saturated rings. The second-order valence-electron chi connectivity index (χ2n) is 9.64. The summed E-state index contributed by atoms with van der Waals surface area (Å²) in [7, 11) is 0. The van der Waals surface area contributed by atoms with Gasteiger partial charge in [-0.15, -0.1) is 5.10 Å². The number of oxazole rings is 1. The van der Waals surface area contributed by atoms with Crippen molar-refractivity contribution in [3.63, 3.8) is 0 Å². The zero-order chi connectivity index (χ0) is 26.9. The van der Waals surface area contributed by atoms with E-state index >= 15 is 0 Å². The van der Waals surface area contributed by atoms with Gasteiger partial charge in [0, 0.05) is 32.3 Å². The molecule has 2 bridgehead atoms. The van der Waals surface area contributed by atoms with Crippen LogP contribution in [0.5, 0.6) is 5.75 Å². The van der Waals surface area contributed by atoms with Gasteiger partial charge in [-0.05, 0) is 36.8 Å². The molecule has 0 radical (unpaired) electrons. The molecule has 13 heteroatoms. The van der Waals surface area contributed by atoms with Crippen LogP contribution in [0.15, 0.2) is 51.9 Å². The third-order valence-electron chi connectivity index (χ3n) is 6.90. The number of likely N-dealkylation sites (tertiary alicyclic amines) is 1. The fraction of sp³-hybridized carbons (Fsp3) is 0.385. The summed E-state index contributed by atoms with van der Waals surface area (Å²) in [5, 5.41) is 11.2. The number of pyridine rings is 1. The van der Waals surface area contributed by atoms with E-state index in [9.17, 15) is 14.4 Å². The molecule has 5 heterocycles. The Labute approximate surface area is 222 Å². The predicted octanol–water partition coefficient (Wildman–Crippen LogP) is 0.898. The van der Waals surface area contributed by atoms with E-state index in [1.807, 2.05) is 19.1 Å². The molecule has 2 atom stereocenters. The predicted molar refractivity (Wildman–Crippen MR) is 136 cm³/mol. The number of amides is 2. The van der Waals surface area contributed by atoms with Gasteiger partial charge in [0.05, 0.1) is 37.0 Å². The molecular formula is C26H27N7O6. The van der Waals surface area contributed by atoms with Crippen molar-refractivity contribution >= 4 is 22.9 Å². The molecule has 0 aliphatic carbocycles. The van der Waals surface area contributed by atoms with Crippen molar-refractivity contribution in [1.29, 1.82) is 0 Å². The minimum atomic E-state index is -0.505. The second-order valence-corrected chi connectivity index (χ2v) is 9.64. The van der Waals surface area contributed by atoms with Gasteiger partial charge in [-0.1, -0.05) is 11.3 Å². The number of ether oxygens (including phenoxy) is 2. The third-order valence-corrected chi connectivity index (χ3v) is 6.90. The highest BCUT2D eigenvalue weighted by Crippen LogP contribution is 2.21. The number of hydrogen-bond donors (Lipinski definition) is 1. The Morgan fingerprint density at radius 3 is 3.00 bits per heavy atom. The molecule has 0 unspecified atom stereocenters. The number of nitrogens with zero attached hydrogens (tertiary/aromatic N) is 6. The standard InChI is InChI=1S/C26H27N7O6/c1-16-4-5-20-19(11-16)33(26(36)39-20)8-6-23(34)31-13-18-22(14-31)38-15-17-12-32(30-29-17)9-10-37-21-3-2-7-27-24(21)25(35)28-18/h2-5,7,11-12,18,22H,6,8-10,13-15H2,1H3,(H,28,35)/t18-,22-/m0/s1. The minimum Gasteiger partial charge on any atom is -0.489 e. The number of aromatic nitrogens is 5. The van der Waals surface area contributed by atoms with Gasteiger partial charge in [-0.25, -0.2) is 14.5 Å². The van der Waals surface area contributed by atoms with Gasteiger partial charge in [0.25, 0.3) is 5.91 Å². The number of carbonyl (C=O) groups is 2. The molecule has 13 nitrogen and oxygen atoms in total. The molecule has 0 saturated carbocycles. The number of carbonyl (C=O) groups excluding carboxylic acids is 2. The van der Waals surface area contributed by atoms with Gasteiger partial charge >= 0.3 is 5.76 Å². The first-order valence-corrected chi connectivity index (χ1v) is 12.7. The maximum Gasteiger partial charge on any atom is 0.419 e. The van der Waals surface area contributed by atoms with E-state index in [1.54, 1.807) is 34.0 Å². The first kappa shape index (κ1) is 24.8. The lowest BCUT2D eigenvalue weighted by Gasteiger charge is -2.20. The molecule has 6 rings (SSSR count). The van der Waals surface area contributed by atoms with Gasteiger partial charge < -0.3 is 24.1 Å². The lowest BCUT2D eigenvalue weighted by Crippen LogP contribution is -2.44. The van der Waals surface area contributed by atoms with E-state index in [0.29, 0.717) is 29.1 Å². The molecule has 1 N–H and O–H groups in total. The molecule has 2 amide bonds. The fourth-order valence-electron chi connectivity index (χ4n) is 4.90. The van der Waals surface area contributed by atoms with Crippen LogP contribution >= 0.6 is 0 Å². The van der Waals surface area contributed by atoms with Crippen LogP contribution in [0.3, 0.4) is 0 Å². The molecule has 1 saturated heterocycles. The van der Waals surface area contributed by atoms with E-state index in [4.69, 9.17) is 13.9 Å². The van der Waals surface area contributed by atoms with Crippen molar-refractivity contribution in [2.24, 2.45) is 0 Å². The molecule has 2 aliphatic heterocycles. The number of aryl methyl sites for hydroxylation is 2. The molecule has 39 heavy (non-hydrogen) atoms. The van der Waals surface area contributed by atoms with Gasteiger partial charge in [0.1, 0.15) is 12.3 Å². The Morgan fingerprint density at radius 2 is 2.10 bits per heavy atom. The van der Waals surface area contributed by atoms with Crippen LogP contribution in [-0.4, -0.2) is 73.1 Å². The number of hydrogen-bond acceptors (Lipinski definition) is 9. The van der Waals surface area contributed by atoms with Gasteiger partial charge in [0.2, 0.25) is 5.91 Å². The van der Waals surface area contributed by atoms with Gasteiger partial charge in [-0.2, -0.15) is 0 Å². The summed E-state index contributed by atoms with van der Waals surface area (Å²) in [6.45, 7) is 3.49. The number of fused-ring (bicyclic) bond motifs is 5. The molecule has 3 aromatic heterocycles. The van der Waals surface area contributed by atoms with Crippen LogP contribution in [0.2, 0.25) is 0 Å². The topological polar surface area (TPSA) is 147 Å². The summed E-state index contributed by atoms with van der Waals surface area (Å²) in [6, 6.07) is 8.36. The van der Waals surface area contributed by atoms with Crippen molar-refractivity contribution in [2.75, 3.05) is 19.7 Å². The lowest BCUT2D eigenvalue weighted by molar-refractivity contribution is -0.131. The summed E-state index contributed by atoms with van der Waals surface area (Å²) < 4.78 is 20.4. The highest BCUT2D eigenvalue weighted by atomic mass is 16.5. The monoisotopic (exact) mass is 533 g/mol. The molecule has 0 spiro atoms. The molecular weight excluding hydrogens is 506 g/mol. The first-order valence-electron chi connectivity index (χ1n) is 12.7. The van der Waals surface area contributed by atoms with Crippen LogP contribution < -0.4 is 15.8 Å². The van der Waals surface area contributed by atoms with Gasteiger partial charge in [0.15, 0.2) is 17.0 Å². The summed E-state index contributed by atoms with van der Waals surface area (Å²) in [5.41, 5.74) is 2.90. The average Bonchev–Trinajstić information content (AvgIpc) is 3.63. The maximum atomic E-state index is 13.2. The molecule has 4 aromatic rings. The summed E-state index contributed by atoms with van der Waals surface area (Å²) in [6.07, 6.45) is 2.90. The van der Waals surface area contributed by atoms with Crippen LogP contribution in [0.4, 0.5) is 0 Å². The van der Waals surface area contributed by atoms with E-state index in [2.05, 4.69) is 20.6 Å². The normalized spacial score (nSPS) is 19.6. The highest BCUT2D eigenvalue weighted by Gasteiger charge is 2.38. The van der Waals surface area contributed by atoms with Gasteiger partial charge in [-0.3, -0.25) is 14.2 Å². The fourth-order valence-corrected chi connectivity index (χ4v) is 4.90. The first-order chi connectivity index (χ1) is 18.9. The van der Waals surface area contributed by atoms with Crippen molar-refractivity contribution in [2.45, 2.75) is 45.2 Å². The van der Waals surface area contributed by atoms with E-state index < -0.39 is 23.8 Å². The molecule has 1 aromatic carbocycles. The Balaban J connectivity index is 1.20. The average molecular weight is 534 g/mol. The Hall–Kier alpha value is -4.52. The Bertz CT molecular complexity index is 1590. The van der Waals surface area contributed by atoms with E-state index in [0.717, 1.165) is 5.56 Å². The van der Waals surface area contributed by atoms with Crippen molar-refractivity contribution in [1.82, 2.24) is 34.8 Å². The smallest absolute Gasteiger partial charge is 0.419 e. The Kier molecular flexibility index (Phi) is 6.57. The minimum absolute atomic E-state index is 0.0857. The van der Waals surface area contributed by atoms with E-state index in [-0.39, 0.29) is 50.9 Å². The van der Waals surface area contributed by atoms with Crippen LogP contribution in [-0.2, 0) is 29.2 Å². The van der Waals surface area contributed by atoms with E-state index in [1.165, 1.54) is 10.8 Å². The summed E-state index contributed by atoms with van der Waals surface area (Å²) in [5.74, 6) is -0.738. The Morgan fingerprint density at radius 1 is 1.21 bits per heavy atom. The largest absolute Gasteiger partial charge is 0.489 e. The number of rotatable bonds is 3. The molecule has 202 valence electrons. The zero-order valence-corrected chi connectivity index (χ0v) is 21.3. The van der Waals surface area contributed by atoms with Crippen molar-refractivity contribution < 1.29 is 23.5 Å². The van der Waals surface area contributed by atoms with Crippen molar-refractivity contribution in [3.8, 4) is 5.75 Å². The zero-order valence-electron chi connectivity index (χ0n) is 21.3. The van der Waals surface area contributed by atoms with Crippen LogP contribution in [0.1, 0.15) is 28.2 Å². The second kappa shape index (κ2) is 10.3. The lowest BCUT2D eigenvalue weighted by atomic mass is 10.2. The molecule has 2 aliphatic rings. The van der Waals surface area contributed by atoms with Crippen LogP contribution in [0, 0.1) is 6.92 Å².